The number of benzene rings is 1. The van der Waals surface area contributed by atoms with Gasteiger partial charge in [-0.1, -0.05) is 0 Å². The minimum atomic E-state index is 0.564. The molecule has 1 aromatic rings. The third kappa shape index (κ3) is 3.64. The third-order valence-corrected chi connectivity index (χ3v) is 4.21. The SMILES string of the molecule is CSc1ccc(N(C)CC2CN(C)CCN2)cc1. The van der Waals surface area contributed by atoms with Gasteiger partial charge in [0.05, 0.1) is 0 Å². The molecule has 0 aliphatic carbocycles. The van der Waals surface area contributed by atoms with Gasteiger partial charge in [0.25, 0.3) is 0 Å². The number of hydrogen-bond donors (Lipinski definition) is 1. The monoisotopic (exact) mass is 265 g/mol. The molecule has 1 atom stereocenters. The molecule has 1 aliphatic heterocycles. The van der Waals surface area contributed by atoms with E-state index in [0.29, 0.717) is 6.04 Å². The molecule has 0 amide bonds. The van der Waals surface area contributed by atoms with Crippen molar-refractivity contribution in [1.82, 2.24) is 10.2 Å². The van der Waals surface area contributed by atoms with E-state index in [9.17, 15) is 0 Å². The zero-order valence-corrected chi connectivity index (χ0v) is 12.3. The van der Waals surface area contributed by atoms with Gasteiger partial charge >= 0.3 is 0 Å². The van der Waals surface area contributed by atoms with Gasteiger partial charge in [0.15, 0.2) is 0 Å². The second-order valence-electron chi connectivity index (χ2n) is 4.99. The first-order valence-electron chi connectivity index (χ1n) is 6.46. The predicted molar refractivity (Wildman–Crippen MR) is 80.8 cm³/mol. The van der Waals surface area contributed by atoms with Crippen LogP contribution in [0.5, 0.6) is 0 Å². The number of rotatable bonds is 4. The van der Waals surface area contributed by atoms with E-state index in [0.717, 1.165) is 26.2 Å². The maximum absolute atomic E-state index is 3.59. The Balaban J connectivity index is 1.91. The van der Waals surface area contributed by atoms with Crippen LogP contribution in [-0.2, 0) is 0 Å². The highest BCUT2D eigenvalue weighted by atomic mass is 32.2. The Morgan fingerprint density at radius 3 is 2.72 bits per heavy atom. The van der Waals surface area contributed by atoms with Crippen molar-refractivity contribution >= 4 is 17.4 Å². The van der Waals surface area contributed by atoms with Crippen molar-refractivity contribution < 1.29 is 0 Å². The molecule has 100 valence electrons. The molecule has 0 spiro atoms. The van der Waals surface area contributed by atoms with Crippen LogP contribution >= 0.6 is 11.8 Å². The zero-order chi connectivity index (χ0) is 13.0. The van der Waals surface area contributed by atoms with Crippen molar-refractivity contribution in [2.24, 2.45) is 0 Å². The topological polar surface area (TPSA) is 18.5 Å². The smallest absolute Gasteiger partial charge is 0.0371 e. The first-order valence-corrected chi connectivity index (χ1v) is 7.68. The largest absolute Gasteiger partial charge is 0.373 e. The van der Waals surface area contributed by atoms with E-state index in [4.69, 9.17) is 0 Å². The normalized spacial score (nSPS) is 20.9. The molecule has 1 N–H and O–H groups in total. The number of piperazine rings is 1. The summed E-state index contributed by atoms with van der Waals surface area (Å²) in [6.45, 7) is 4.44. The third-order valence-electron chi connectivity index (χ3n) is 3.47. The molecule has 2 rings (SSSR count). The molecule has 0 bridgehead atoms. The van der Waals surface area contributed by atoms with Gasteiger partial charge in [-0.25, -0.2) is 0 Å². The highest BCUT2D eigenvalue weighted by Crippen LogP contribution is 2.19. The standard InChI is InChI=1S/C14H23N3S/c1-16-9-8-15-12(10-16)11-17(2)13-4-6-14(18-3)7-5-13/h4-7,12,15H,8-11H2,1-3H3. The van der Waals surface area contributed by atoms with Gasteiger partial charge in [-0.2, -0.15) is 0 Å². The van der Waals surface area contributed by atoms with Crippen molar-refractivity contribution in [3.05, 3.63) is 24.3 Å². The molecule has 1 fully saturated rings. The summed E-state index contributed by atoms with van der Waals surface area (Å²) in [6.07, 6.45) is 2.11. The van der Waals surface area contributed by atoms with Crippen LogP contribution in [0.2, 0.25) is 0 Å². The van der Waals surface area contributed by atoms with E-state index in [1.165, 1.54) is 10.6 Å². The molecule has 1 saturated heterocycles. The van der Waals surface area contributed by atoms with Crippen LogP contribution in [0.3, 0.4) is 0 Å². The lowest BCUT2D eigenvalue weighted by Gasteiger charge is -2.34. The van der Waals surface area contributed by atoms with Gasteiger partial charge in [-0.15, -0.1) is 11.8 Å². The molecule has 0 saturated carbocycles. The van der Waals surface area contributed by atoms with Crippen LogP contribution in [0, 0.1) is 0 Å². The highest BCUT2D eigenvalue weighted by molar-refractivity contribution is 7.98. The summed E-state index contributed by atoms with van der Waals surface area (Å²) in [4.78, 5) is 6.05. The summed E-state index contributed by atoms with van der Waals surface area (Å²) >= 11 is 1.79. The lowest BCUT2D eigenvalue weighted by atomic mass is 10.2. The maximum atomic E-state index is 3.59. The maximum Gasteiger partial charge on any atom is 0.0371 e. The van der Waals surface area contributed by atoms with Crippen LogP contribution in [-0.4, -0.2) is 57.5 Å². The molecule has 1 aliphatic rings. The first-order chi connectivity index (χ1) is 8.69. The fourth-order valence-corrected chi connectivity index (χ4v) is 2.79. The van der Waals surface area contributed by atoms with Crippen molar-refractivity contribution in [3.63, 3.8) is 0 Å². The molecule has 4 heteroatoms. The average Bonchev–Trinajstić information content (AvgIpc) is 2.39. The van der Waals surface area contributed by atoms with Gasteiger partial charge in [-0.3, -0.25) is 0 Å². The second kappa shape index (κ2) is 6.45. The van der Waals surface area contributed by atoms with Crippen molar-refractivity contribution in [3.8, 4) is 0 Å². The zero-order valence-electron chi connectivity index (χ0n) is 11.5. The molecule has 1 aromatic carbocycles. The van der Waals surface area contributed by atoms with E-state index in [1.54, 1.807) is 11.8 Å². The Morgan fingerprint density at radius 2 is 2.11 bits per heavy atom. The van der Waals surface area contributed by atoms with Gasteiger partial charge in [0.1, 0.15) is 0 Å². The van der Waals surface area contributed by atoms with Crippen LogP contribution in [0.25, 0.3) is 0 Å². The summed E-state index contributed by atoms with van der Waals surface area (Å²) < 4.78 is 0. The van der Waals surface area contributed by atoms with E-state index >= 15 is 0 Å². The van der Waals surface area contributed by atoms with Crippen LogP contribution in [0.1, 0.15) is 0 Å². The highest BCUT2D eigenvalue weighted by Gasteiger charge is 2.17. The van der Waals surface area contributed by atoms with Crippen LogP contribution in [0.4, 0.5) is 5.69 Å². The summed E-state index contributed by atoms with van der Waals surface area (Å²) in [5, 5.41) is 3.59. The fraction of sp³-hybridized carbons (Fsp3) is 0.571. The Hall–Kier alpha value is -0.710. The molecule has 0 aromatic heterocycles. The second-order valence-corrected chi connectivity index (χ2v) is 5.87. The molecule has 0 radical (unpaired) electrons. The summed E-state index contributed by atoms with van der Waals surface area (Å²) in [7, 11) is 4.37. The van der Waals surface area contributed by atoms with E-state index in [1.807, 2.05) is 0 Å². The van der Waals surface area contributed by atoms with Crippen LogP contribution < -0.4 is 10.2 Å². The number of anilines is 1. The number of thioether (sulfide) groups is 1. The van der Waals surface area contributed by atoms with Crippen LogP contribution in [0.15, 0.2) is 29.2 Å². The molecular formula is C14H23N3S. The Morgan fingerprint density at radius 1 is 1.39 bits per heavy atom. The van der Waals surface area contributed by atoms with E-state index in [2.05, 4.69) is 59.7 Å². The summed E-state index contributed by atoms with van der Waals surface area (Å²) in [5.74, 6) is 0. The summed E-state index contributed by atoms with van der Waals surface area (Å²) in [5.41, 5.74) is 1.29. The van der Waals surface area contributed by atoms with Gasteiger partial charge in [0, 0.05) is 49.9 Å². The molecule has 1 heterocycles. The number of hydrogen-bond acceptors (Lipinski definition) is 4. The Labute approximate surface area is 115 Å². The van der Waals surface area contributed by atoms with Crippen molar-refractivity contribution in [2.75, 3.05) is 51.4 Å². The van der Waals surface area contributed by atoms with Gasteiger partial charge in [0.2, 0.25) is 0 Å². The molecular weight excluding hydrogens is 242 g/mol. The number of nitrogens with zero attached hydrogens (tertiary/aromatic N) is 2. The van der Waals surface area contributed by atoms with Gasteiger partial charge < -0.3 is 15.1 Å². The molecule has 1 unspecified atom stereocenters. The molecule has 18 heavy (non-hydrogen) atoms. The average molecular weight is 265 g/mol. The minimum Gasteiger partial charge on any atom is -0.373 e. The molecule has 3 nitrogen and oxygen atoms in total. The Kier molecular flexibility index (Phi) is 4.92. The lowest BCUT2D eigenvalue weighted by molar-refractivity contribution is 0.241. The lowest BCUT2D eigenvalue weighted by Crippen LogP contribution is -2.53. The van der Waals surface area contributed by atoms with Gasteiger partial charge in [-0.05, 0) is 37.6 Å². The number of nitrogens with one attached hydrogen (secondary N) is 1. The van der Waals surface area contributed by atoms with Crippen molar-refractivity contribution in [2.45, 2.75) is 10.9 Å². The van der Waals surface area contributed by atoms with E-state index in [-0.39, 0.29) is 0 Å². The summed E-state index contributed by atoms with van der Waals surface area (Å²) in [6, 6.07) is 9.36. The number of likely N-dealkylation sites (N-methyl/N-ethyl adjacent to an activating group) is 2. The first kappa shape index (κ1) is 13.7. The fourth-order valence-electron chi connectivity index (χ4n) is 2.39. The van der Waals surface area contributed by atoms with Crippen molar-refractivity contribution in [1.29, 1.82) is 0 Å². The van der Waals surface area contributed by atoms with E-state index < -0.39 is 0 Å². The quantitative estimate of drug-likeness (QED) is 0.836. The predicted octanol–water partition coefficient (Wildman–Crippen LogP) is 1.75. The minimum absolute atomic E-state index is 0.564. The Bertz CT molecular complexity index is 366.